The van der Waals surface area contributed by atoms with E-state index in [4.69, 9.17) is 10.7 Å². The standard InChI is InChI=1S/C15H21N5O/c1-17-15(21)11-5-8-19(9-6-11)14-12(10-16)20-7-3-2-4-13(20)18-14/h2-4,7,11H,5-6,8-10,16H2,1H3,(H,17,21). The fourth-order valence-corrected chi connectivity index (χ4v) is 3.03. The van der Waals surface area contributed by atoms with E-state index in [0.717, 1.165) is 43.1 Å². The first kappa shape index (κ1) is 13.9. The van der Waals surface area contributed by atoms with Gasteiger partial charge in [-0.1, -0.05) is 6.07 Å². The fourth-order valence-electron chi connectivity index (χ4n) is 3.03. The van der Waals surface area contributed by atoms with Crippen LogP contribution < -0.4 is 16.0 Å². The number of piperidine rings is 1. The van der Waals surface area contributed by atoms with Gasteiger partial charge in [0.15, 0.2) is 5.82 Å². The van der Waals surface area contributed by atoms with E-state index in [0.29, 0.717) is 6.54 Å². The molecule has 0 saturated carbocycles. The van der Waals surface area contributed by atoms with Gasteiger partial charge in [0.05, 0.1) is 5.69 Å². The molecule has 1 amide bonds. The highest BCUT2D eigenvalue weighted by Crippen LogP contribution is 2.26. The smallest absolute Gasteiger partial charge is 0.222 e. The molecule has 0 unspecified atom stereocenters. The van der Waals surface area contributed by atoms with E-state index in [2.05, 4.69) is 10.2 Å². The largest absolute Gasteiger partial charge is 0.359 e. The Morgan fingerprint density at radius 3 is 2.86 bits per heavy atom. The maximum atomic E-state index is 11.7. The second-order valence-corrected chi connectivity index (χ2v) is 5.39. The van der Waals surface area contributed by atoms with Gasteiger partial charge in [0, 0.05) is 38.8 Å². The van der Waals surface area contributed by atoms with Crippen LogP contribution in [0.4, 0.5) is 5.82 Å². The molecule has 6 nitrogen and oxygen atoms in total. The molecule has 0 radical (unpaired) electrons. The summed E-state index contributed by atoms with van der Waals surface area (Å²) in [4.78, 5) is 18.7. The number of anilines is 1. The minimum Gasteiger partial charge on any atom is -0.359 e. The quantitative estimate of drug-likeness (QED) is 0.873. The topological polar surface area (TPSA) is 75.7 Å². The maximum absolute atomic E-state index is 11.7. The van der Waals surface area contributed by atoms with Crippen LogP contribution in [-0.2, 0) is 11.3 Å². The molecule has 0 spiro atoms. The zero-order valence-corrected chi connectivity index (χ0v) is 12.2. The number of carbonyl (C=O) groups is 1. The van der Waals surface area contributed by atoms with Crippen molar-refractivity contribution in [2.45, 2.75) is 19.4 Å². The van der Waals surface area contributed by atoms with E-state index in [1.165, 1.54) is 0 Å². The molecule has 3 rings (SSSR count). The van der Waals surface area contributed by atoms with E-state index in [1.54, 1.807) is 7.05 Å². The third kappa shape index (κ3) is 2.47. The Balaban J connectivity index is 1.84. The molecule has 3 N–H and O–H groups in total. The second-order valence-electron chi connectivity index (χ2n) is 5.39. The summed E-state index contributed by atoms with van der Waals surface area (Å²) in [7, 11) is 1.70. The van der Waals surface area contributed by atoms with Crippen molar-refractivity contribution >= 4 is 17.4 Å². The Kier molecular flexibility index (Phi) is 3.79. The van der Waals surface area contributed by atoms with Crippen LogP contribution in [0.1, 0.15) is 18.5 Å². The number of aromatic nitrogens is 2. The molecule has 1 aliphatic rings. The van der Waals surface area contributed by atoms with Crippen molar-refractivity contribution in [2.75, 3.05) is 25.0 Å². The van der Waals surface area contributed by atoms with E-state index in [1.807, 2.05) is 28.8 Å². The van der Waals surface area contributed by atoms with Crippen molar-refractivity contribution < 1.29 is 4.79 Å². The van der Waals surface area contributed by atoms with Gasteiger partial charge in [-0.2, -0.15) is 0 Å². The maximum Gasteiger partial charge on any atom is 0.222 e. The van der Waals surface area contributed by atoms with Crippen LogP contribution in [0.5, 0.6) is 0 Å². The highest BCUT2D eigenvalue weighted by Gasteiger charge is 2.27. The number of pyridine rings is 1. The summed E-state index contributed by atoms with van der Waals surface area (Å²) >= 11 is 0. The molecule has 112 valence electrons. The van der Waals surface area contributed by atoms with Gasteiger partial charge in [0.1, 0.15) is 5.65 Å². The van der Waals surface area contributed by atoms with E-state index in [-0.39, 0.29) is 11.8 Å². The zero-order chi connectivity index (χ0) is 14.8. The Morgan fingerprint density at radius 1 is 1.43 bits per heavy atom. The summed E-state index contributed by atoms with van der Waals surface area (Å²) in [6.07, 6.45) is 3.71. The first-order chi connectivity index (χ1) is 10.2. The molecule has 0 bridgehead atoms. The average molecular weight is 287 g/mol. The third-order valence-corrected chi connectivity index (χ3v) is 4.21. The number of hydrogen-bond acceptors (Lipinski definition) is 4. The van der Waals surface area contributed by atoms with Gasteiger partial charge in [0.25, 0.3) is 0 Å². The Morgan fingerprint density at radius 2 is 2.19 bits per heavy atom. The van der Waals surface area contributed by atoms with Gasteiger partial charge in [0.2, 0.25) is 5.91 Å². The lowest BCUT2D eigenvalue weighted by molar-refractivity contribution is -0.125. The predicted octanol–water partition coefficient (Wildman–Crippen LogP) is 0.755. The van der Waals surface area contributed by atoms with Crippen molar-refractivity contribution in [3.63, 3.8) is 0 Å². The van der Waals surface area contributed by atoms with Gasteiger partial charge in [-0.25, -0.2) is 4.98 Å². The van der Waals surface area contributed by atoms with E-state index < -0.39 is 0 Å². The lowest BCUT2D eigenvalue weighted by Gasteiger charge is -2.31. The molecule has 21 heavy (non-hydrogen) atoms. The van der Waals surface area contributed by atoms with Crippen molar-refractivity contribution in [2.24, 2.45) is 11.7 Å². The lowest BCUT2D eigenvalue weighted by Crippen LogP contribution is -2.40. The van der Waals surface area contributed by atoms with Crippen molar-refractivity contribution in [3.8, 4) is 0 Å². The van der Waals surface area contributed by atoms with E-state index in [9.17, 15) is 4.79 Å². The minimum atomic E-state index is 0.115. The molecule has 6 heteroatoms. The number of hydrogen-bond donors (Lipinski definition) is 2. The van der Waals surface area contributed by atoms with Crippen LogP contribution in [-0.4, -0.2) is 35.4 Å². The monoisotopic (exact) mass is 287 g/mol. The molecule has 2 aromatic rings. The highest BCUT2D eigenvalue weighted by atomic mass is 16.1. The van der Waals surface area contributed by atoms with Gasteiger partial charge in [-0.05, 0) is 25.0 Å². The van der Waals surface area contributed by atoms with E-state index >= 15 is 0 Å². The molecule has 2 aromatic heterocycles. The first-order valence-electron chi connectivity index (χ1n) is 7.37. The number of nitrogens with one attached hydrogen (secondary N) is 1. The third-order valence-electron chi connectivity index (χ3n) is 4.21. The van der Waals surface area contributed by atoms with Gasteiger partial charge in [-0.15, -0.1) is 0 Å². The van der Waals surface area contributed by atoms with Crippen LogP contribution in [0.2, 0.25) is 0 Å². The lowest BCUT2D eigenvalue weighted by atomic mass is 9.96. The summed E-state index contributed by atoms with van der Waals surface area (Å²) in [5.74, 6) is 1.22. The van der Waals surface area contributed by atoms with Crippen LogP contribution in [0.3, 0.4) is 0 Å². The molecule has 0 atom stereocenters. The molecule has 1 saturated heterocycles. The van der Waals surface area contributed by atoms with Crippen LogP contribution in [0, 0.1) is 5.92 Å². The molecular weight excluding hydrogens is 266 g/mol. The zero-order valence-electron chi connectivity index (χ0n) is 12.2. The molecule has 0 aromatic carbocycles. The Bertz CT molecular complexity index is 643. The van der Waals surface area contributed by atoms with Gasteiger partial charge >= 0.3 is 0 Å². The predicted molar refractivity (Wildman–Crippen MR) is 82.1 cm³/mol. The fraction of sp³-hybridized carbons (Fsp3) is 0.467. The molecule has 0 aliphatic carbocycles. The Labute approximate surface area is 123 Å². The number of fused-ring (bicyclic) bond motifs is 1. The van der Waals surface area contributed by atoms with Crippen LogP contribution in [0.25, 0.3) is 5.65 Å². The number of carbonyl (C=O) groups excluding carboxylic acids is 1. The van der Waals surface area contributed by atoms with Crippen LogP contribution >= 0.6 is 0 Å². The highest BCUT2D eigenvalue weighted by molar-refractivity contribution is 5.78. The summed E-state index contributed by atoms with van der Waals surface area (Å²) in [6.45, 7) is 2.14. The van der Waals surface area contributed by atoms with Crippen molar-refractivity contribution in [1.82, 2.24) is 14.7 Å². The number of nitrogens with two attached hydrogens (primary N) is 1. The molecule has 1 aliphatic heterocycles. The summed E-state index contributed by atoms with van der Waals surface area (Å²) in [6, 6.07) is 5.94. The number of rotatable bonds is 3. The Hall–Kier alpha value is -2.08. The number of nitrogens with zero attached hydrogens (tertiary/aromatic N) is 3. The molecule has 3 heterocycles. The van der Waals surface area contributed by atoms with Crippen molar-refractivity contribution in [3.05, 3.63) is 30.1 Å². The normalized spacial score (nSPS) is 16.4. The molecule has 1 fully saturated rings. The summed E-state index contributed by atoms with van der Waals surface area (Å²) in [5.41, 5.74) is 7.86. The number of amides is 1. The minimum absolute atomic E-state index is 0.115. The summed E-state index contributed by atoms with van der Waals surface area (Å²) < 4.78 is 2.04. The second kappa shape index (κ2) is 5.73. The van der Waals surface area contributed by atoms with Crippen LogP contribution in [0.15, 0.2) is 24.4 Å². The average Bonchev–Trinajstić information content (AvgIpc) is 2.92. The first-order valence-corrected chi connectivity index (χ1v) is 7.37. The number of imidazole rings is 1. The van der Waals surface area contributed by atoms with Crippen molar-refractivity contribution in [1.29, 1.82) is 0 Å². The SMILES string of the molecule is CNC(=O)C1CCN(c2nc3ccccn3c2CN)CC1. The molecular formula is C15H21N5O. The van der Waals surface area contributed by atoms with Gasteiger partial charge < -0.3 is 20.4 Å². The van der Waals surface area contributed by atoms with Gasteiger partial charge in [-0.3, -0.25) is 4.79 Å². The summed E-state index contributed by atoms with van der Waals surface area (Å²) in [5, 5.41) is 2.74.